The molecular weight excluding hydrogens is 1480 g/mol. The molecule has 2 unspecified atom stereocenters. The Bertz CT molecular complexity index is 4230. The lowest BCUT2D eigenvalue weighted by molar-refractivity contribution is -0.145. The molecule has 2 aromatic heterocycles. The van der Waals surface area contributed by atoms with Crippen LogP contribution in [-0.2, 0) is 66.2 Å². The van der Waals surface area contributed by atoms with Crippen molar-refractivity contribution >= 4 is 50.8 Å². The molecule has 0 bridgehead atoms. The Balaban J connectivity index is 0.000000371. The fraction of sp³-hybridized carbons (Fsp3) is 0.486. The summed E-state index contributed by atoms with van der Waals surface area (Å²) in [6.07, 6.45) is -17.0. The van der Waals surface area contributed by atoms with E-state index in [1.54, 1.807) is 41.5 Å². The summed E-state index contributed by atoms with van der Waals surface area (Å²) in [6.45, 7) is 19.6. The van der Waals surface area contributed by atoms with E-state index in [1.807, 2.05) is 9.80 Å². The van der Waals surface area contributed by atoms with E-state index in [0.717, 1.165) is 65.7 Å². The van der Waals surface area contributed by atoms with Gasteiger partial charge in [0, 0.05) is 54.8 Å². The molecule has 1 amide bonds. The van der Waals surface area contributed by atoms with Crippen LogP contribution in [-0.4, -0.2) is 100 Å². The number of esters is 2. The van der Waals surface area contributed by atoms with E-state index in [1.165, 1.54) is 45.9 Å². The van der Waals surface area contributed by atoms with Crippen LogP contribution >= 0.6 is 27.0 Å². The van der Waals surface area contributed by atoms with Gasteiger partial charge in [0.25, 0.3) is 11.1 Å². The summed E-state index contributed by atoms with van der Waals surface area (Å²) in [5, 5.41) is 11.8. The summed E-state index contributed by atoms with van der Waals surface area (Å²) in [6, 6.07) is 3.44. The number of aliphatic carboxylic acids is 1. The first kappa shape index (κ1) is 91.5. The molecular formula is C74H88F16N6O9S2. The lowest BCUT2D eigenvalue weighted by Gasteiger charge is -2.31. The van der Waals surface area contributed by atoms with Gasteiger partial charge in [0.15, 0.2) is 0 Å². The van der Waals surface area contributed by atoms with E-state index in [9.17, 15) is 99.7 Å². The summed E-state index contributed by atoms with van der Waals surface area (Å²) in [4.78, 5) is 79.4. The summed E-state index contributed by atoms with van der Waals surface area (Å²) >= 11 is 0. The van der Waals surface area contributed by atoms with Crippen LogP contribution in [0.1, 0.15) is 171 Å². The molecule has 2 aliphatic rings. The molecule has 0 saturated carbocycles. The third-order valence-electron chi connectivity index (χ3n) is 17.9. The number of carbonyl (C=O) groups excluding carboxylic acids is 3. The van der Waals surface area contributed by atoms with Crippen LogP contribution in [0.3, 0.4) is 0 Å². The van der Waals surface area contributed by atoms with Crippen LogP contribution in [0, 0.1) is 62.8 Å². The van der Waals surface area contributed by atoms with Gasteiger partial charge in [-0.15, -0.1) is 0 Å². The molecule has 15 nitrogen and oxygen atoms in total. The standard InChI is InChI=1S/C37H41F8N3O4.C20H20F5NO2.C17H23F3N2O3.2H2S/c1-6-52-32(50)18-29(25-15-24(16-27(34(25)39)37(43,44)45)33-21(4)8-9-28(38)22(33)5)46-35(51)30(14-20(2)3)48-19-23(10-13-47-11-7-12-47)26(17-31(48)49)36(40,41)42;1-4-28-17(27)9-16(26)13-7-12(8-14(19(13)22)20(23,24)25)18-10(2)5-6-15(21)11(18)3;1-11(2)8-14(16(24)25)22-10-12(4-7-21-5-3-6-21)13(9-15(22)23)17(18,19)20;;/h8-9,15-17,19-20,29-30H,6-7,10-14,18H2,1-5H3,(H,46,51);5-8,16H,4,9,26H2,1-3H3;9-11,14H,3-8H2,1-2H3,(H,24,25);2*1H2/t29-,30?;16-;;;/m00.../s1. The Morgan fingerprint density at radius 1 is 0.533 bits per heavy atom. The number of nitrogens with one attached hydrogen (secondary N) is 1. The van der Waals surface area contributed by atoms with Gasteiger partial charge >= 0.3 is 42.6 Å². The van der Waals surface area contributed by atoms with E-state index < -0.39 is 153 Å². The fourth-order valence-electron chi connectivity index (χ4n) is 12.4. The van der Waals surface area contributed by atoms with E-state index in [4.69, 9.17) is 15.2 Å². The molecule has 4 aromatic carbocycles. The number of benzene rings is 4. The summed E-state index contributed by atoms with van der Waals surface area (Å²) in [7, 11) is 0. The number of ether oxygens (including phenoxy) is 2. The number of aromatic nitrogens is 2. The van der Waals surface area contributed by atoms with E-state index in [0.29, 0.717) is 55.0 Å². The Kier molecular flexibility index (Phi) is 32.9. The topological polar surface area (TPSA) is 196 Å². The van der Waals surface area contributed by atoms with Crippen LogP contribution in [0.2, 0.25) is 0 Å². The third kappa shape index (κ3) is 24.1. The number of alkyl halides is 12. The molecule has 4 N–H and O–H groups in total. The number of rotatable bonds is 25. The van der Waals surface area contributed by atoms with E-state index in [-0.39, 0.29) is 129 Å². The molecule has 2 fully saturated rings. The quantitative estimate of drug-likeness (QED) is 0.0363. The minimum Gasteiger partial charge on any atom is -0.480 e. The van der Waals surface area contributed by atoms with Gasteiger partial charge in [-0.3, -0.25) is 24.0 Å². The molecule has 33 heteroatoms. The lowest BCUT2D eigenvalue weighted by Crippen LogP contribution is -2.41. The fourth-order valence-corrected chi connectivity index (χ4v) is 12.4. The van der Waals surface area contributed by atoms with Crippen molar-refractivity contribution in [3.05, 3.63) is 184 Å². The number of amides is 1. The number of carbonyl (C=O) groups is 4. The van der Waals surface area contributed by atoms with Crippen molar-refractivity contribution in [3.63, 3.8) is 0 Å². The SMILES string of the molecule is CC(C)CC(C(=O)O)n1cc(CCN2CCC2)c(C(F)(F)F)cc1=O.CCOC(=O)C[C@H](N)c1cc(-c2c(C)ccc(F)c2C)cc(C(F)(F)F)c1F.CCOC(=O)C[C@H](NC(=O)C(CC(C)C)n1cc(CCN2CCC2)c(C(F)(F)F)cc1=O)c1cc(-c2c(C)ccc(F)c2C)cc(C(F)(F)F)c1F.S.S. The smallest absolute Gasteiger partial charge is 0.419 e. The van der Waals surface area contributed by atoms with Crippen molar-refractivity contribution in [3.8, 4) is 22.3 Å². The summed E-state index contributed by atoms with van der Waals surface area (Å²) in [5.41, 5.74) is -2.25. The highest BCUT2D eigenvalue weighted by Crippen LogP contribution is 2.43. The molecule has 4 heterocycles. The van der Waals surface area contributed by atoms with Crippen LogP contribution in [0.4, 0.5) is 70.2 Å². The van der Waals surface area contributed by atoms with E-state index >= 15 is 4.39 Å². The molecule has 0 radical (unpaired) electrons. The molecule has 6 aromatic rings. The zero-order valence-electron chi connectivity index (χ0n) is 60.3. The Labute approximate surface area is 622 Å². The van der Waals surface area contributed by atoms with Gasteiger partial charge in [-0.25, -0.2) is 22.4 Å². The Morgan fingerprint density at radius 2 is 0.897 bits per heavy atom. The average molecular weight is 1570 g/mol. The normalized spacial score (nSPS) is 14.5. The predicted molar refractivity (Wildman–Crippen MR) is 379 cm³/mol. The maximum Gasteiger partial charge on any atom is 0.419 e. The number of hydrogen-bond donors (Lipinski definition) is 3. The number of nitrogens with zero attached hydrogens (tertiary/aromatic N) is 4. The van der Waals surface area contributed by atoms with Crippen molar-refractivity contribution < 1.29 is 104 Å². The molecule has 0 spiro atoms. The number of pyridine rings is 2. The maximum atomic E-state index is 16.0. The first-order valence-electron chi connectivity index (χ1n) is 33.8. The molecule has 592 valence electrons. The number of carboxylic acid groups (broad SMARTS) is 1. The highest BCUT2D eigenvalue weighted by atomic mass is 32.1. The van der Waals surface area contributed by atoms with Crippen molar-refractivity contribution in [1.29, 1.82) is 0 Å². The van der Waals surface area contributed by atoms with Crippen molar-refractivity contribution in [2.75, 3.05) is 52.5 Å². The molecule has 2 saturated heterocycles. The Morgan fingerprint density at radius 3 is 1.25 bits per heavy atom. The maximum absolute atomic E-state index is 16.0. The van der Waals surface area contributed by atoms with Crippen LogP contribution in [0.25, 0.3) is 22.3 Å². The van der Waals surface area contributed by atoms with Gasteiger partial charge in [0.2, 0.25) is 5.91 Å². The second-order valence-electron chi connectivity index (χ2n) is 26.7. The highest BCUT2D eigenvalue weighted by Gasteiger charge is 2.42. The second-order valence-corrected chi connectivity index (χ2v) is 26.7. The molecule has 8 rings (SSSR count). The van der Waals surface area contributed by atoms with Gasteiger partial charge in [-0.2, -0.15) is 79.7 Å². The number of nitrogens with two attached hydrogens (primary N) is 1. The van der Waals surface area contributed by atoms with Crippen molar-refractivity contribution in [1.82, 2.24) is 24.3 Å². The minimum atomic E-state index is -5.26. The van der Waals surface area contributed by atoms with Gasteiger partial charge in [0.1, 0.15) is 35.4 Å². The third-order valence-corrected chi connectivity index (χ3v) is 17.9. The molecule has 4 atom stereocenters. The number of aryl methyl sites for hydroxylation is 2. The largest absolute Gasteiger partial charge is 0.480 e. The van der Waals surface area contributed by atoms with Crippen LogP contribution in [0.15, 0.2) is 82.6 Å². The number of halogens is 16. The molecule has 107 heavy (non-hydrogen) atoms. The zero-order valence-corrected chi connectivity index (χ0v) is 62.3. The number of hydrogen-bond acceptors (Lipinski definition) is 11. The lowest BCUT2D eigenvalue weighted by atomic mass is 9.89. The van der Waals surface area contributed by atoms with E-state index in [2.05, 4.69) is 5.32 Å². The van der Waals surface area contributed by atoms with Crippen LogP contribution < -0.4 is 22.2 Å². The van der Waals surface area contributed by atoms with Gasteiger partial charge in [0.05, 0.1) is 54.4 Å². The number of likely N-dealkylation sites (tertiary alicyclic amines) is 2. The average Bonchev–Trinajstić information content (AvgIpc) is 0.772. The molecule has 2 aliphatic heterocycles. The van der Waals surface area contributed by atoms with Gasteiger partial charge < -0.3 is 44.6 Å². The van der Waals surface area contributed by atoms with Crippen molar-refractivity contribution in [2.45, 2.75) is 169 Å². The minimum absolute atomic E-state index is 0. The van der Waals surface area contributed by atoms with Crippen LogP contribution in [0.5, 0.6) is 0 Å². The van der Waals surface area contributed by atoms with Crippen molar-refractivity contribution in [2.24, 2.45) is 17.6 Å². The second kappa shape index (κ2) is 38.5. The highest BCUT2D eigenvalue weighted by molar-refractivity contribution is 7.59. The summed E-state index contributed by atoms with van der Waals surface area (Å²) < 4.78 is 236. The van der Waals surface area contributed by atoms with Gasteiger partial charge in [-0.1, -0.05) is 39.8 Å². The van der Waals surface area contributed by atoms with Gasteiger partial charge in [-0.05, 0) is 210 Å². The predicted octanol–water partition coefficient (Wildman–Crippen LogP) is 16.3. The number of carboxylic acids is 1. The molecule has 0 aliphatic carbocycles. The first-order chi connectivity index (χ1) is 48.8. The summed E-state index contributed by atoms with van der Waals surface area (Å²) in [5.74, 6) is -9.10. The zero-order chi connectivity index (χ0) is 78.7. The monoisotopic (exact) mass is 1570 g/mol. The Hall–Kier alpha value is -7.88. The first-order valence-corrected chi connectivity index (χ1v) is 33.8.